The predicted molar refractivity (Wildman–Crippen MR) is 80.8 cm³/mol. The van der Waals surface area contributed by atoms with E-state index in [4.69, 9.17) is 19.9 Å². The van der Waals surface area contributed by atoms with Crippen LogP contribution in [0.25, 0.3) is 0 Å². The molecule has 2 N–H and O–H groups in total. The Morgan fingerprint density at radius 3 is 2.62 bits per heavy atom. The maximum absolute atomic E-state index is 5.99. The molecule has 1 saturated heterocycles. The van der Waals surface area contributed by atoms with Crippen LogP contribution in [-0.4, -0.2) is 69.6 Å². The van der Waals surface area contributed by atoms with Gasteiger partial charge in [-0.05, 0) is 7.05 Å². The third kappa shape index (κ3) is 3.16. The fourth-order valence-electron chi connectivity index (χ4n) is 2.71. The molecule has 6 nitrogen and oxygen atoms in total. The van der Waals surface area contributed by atoms with Crippen LogP contribution < -0.4 is 19.9 Å². The van der Waals surface area contributed by atoms with Gasteiger partial charge in [-0.1, -0.05) is 0 Å². The first-order valence-corrected chi connectivity index (χ1v) is 7.40. The molecular weight excluding hydrogens is 270 g/mol. The van der Waals surface area contributed by atoms with Crippen LogP contribution in [-0.2, 0) is 0 Å². The van der Waals surface area contributed by atoms with Crippen molar-refractivity contribution in [2.75, 3.05) is 66.0 Å². The van der Waals surface area contributed by atoms with Gasteiger partial charge in [0.2, 0.25) is 6.79 Å². The van der Waals surface area contributed by atoms with Crippen molar-refractivity contribution >= 4 is 5.69 Å². The fourth-order valence-corrected chi connectivity index (χ4v) is 2.71. The third-order valence-electron chi connectivity index (χ3n) is 4.44. The standard InChI is InChI=1S/C15H24N3O3/c1-17-3-5-18(2,6-4-17)7-8-19-13-10-15-14(9-12(13)16)20-11-21-15/h9-10H,3-8,11,16H2,1-2H3/q+1. The van der Waals surface area contributed by atoms with Gasteiger partial charge in [-0.15, -0.1) is 0 Å². The maximum Gasteiger partial charge on any atom is 0.231 e. The zero-order chi connectivity index (χ0) is 14.9. The number of rotatable bonds is 4. The summed E-state index contributed by atoms with van der Waals surface area (Å²) in [5.41, 5.74) is 6.59. The average molecular weight is 294 g/mol. The number of likely N-dealkylation sites (N-methyl/N-ethyl adjacent to an activating group) is 2. The van der Waals surface area contributed by atoms with E-state index in [1.165, 1.54) is 0 Å². The molecular formula is C15H24N3O3+. The second kappa shape index (κ2) is 5.61. The molecule has 0 radical (unpaired) electrons. The minimum Gasteiger partial charge on any atom is -0.485 e. The van der Waals surface area contributed by atoms with Crippen molar-refractivity contribution in [1.82, 2.24) is 4.90 Å². The first kappa shape index (κ1) is 14.3. The molecule has 3 rings (SSSR count). The number of fused-ring (bicyclic) bond motifs is 1. The van der Waals surface area contributed by atoms with Gasteiger partial charge in [-0.3, -0.25) is 4.90 Å². The molecule has 0 aromatic heterocycles. The summed E-state index contributed by atoms with van der Waals surface area (Å²) in [6.45, 7) is 6.50. The normalized spacial score (nSPS) is 20.5. The van der Waals surface area contributed by atoms with Crippen LogP contribution in [0.15, 0.2) is 12.1 Å². The van der Waals surface area contributed by atoms with Gasteiger partial charge in [0.1, 0.15) is 18.9 Å². The maximum atomic E-state index is 5.99. The zero-order valence-electron chi connectivity index (χ0n) is 12.8. The number of hydrogen-bond donors (Lipinski definition) is 1. The Morgan fingerprint density at radius 2 is 1.90 bits per heavy atom. The highest BCUT2D eigenvalue weighted by atomic mass is 16.7. The van der Waals surface area contributed by atoms with Crippen LogP contribution in [0.3, 0.4) is 0 Å². The van der Waals surface area contributed by atoms with E-state index in [1.54, 1.807) is 6.07 Å². The molecule has 0 saturated carbocycles. The number of benzene rings is 1. The number of anilines is 1. The number of nitrogens with two attached hydrogens (primary N) is 1. The van der Waals surface area contributed by atoms with Crippen molar-refractivity contribution in [2.24, 2.45) is 0 Å². The summed E-state index contributed by atoms with van der Waals surface area (Å²) >= 11 is 0. The summed E-state index contributed by atoms with van der Waals surface area (Å²) in [7, 11) is 4.46. The Balaban J connectivity index is 1.56. The molecule has 116 valence electrons. The van der Waals surface area contributed by atoms with Crippen molar-refractivity contribution in [2.45, 2.75) is 0 Å². The Labute approximate surface area is 125 Å². The SMILES string of the molecule is CN1CC[N+](C)(CCOc2cc3c(cc2N)OCO3)CC1. The number of quaternary nitrogens is 1. The van der Waals surface area contributed by atoms with Gasteiger partial charge in [0.05, 0.1) is 25.8 Å². The highest BCUT2D eigenvalue weighted by molar-refractivity contribution is 5.62. The van der Waals surface area contributed by atoms with Crippen LogP contribution in [0, 0.1) is 0 Å². The lowest BCUT2D eigenvalue weighted by molar-refractivity contribution is -0.913. The van der Waals surface area contributed by atoms with Crippen molar-refractivity contribution in [3.63, 3.8) is 0 Å². The van der Waals surface area contributed by atoms with Crippen molar-refractivity contribution < 1.29 is 18.7 Å². The molecule has 0 atom stereocenters. The van der Waals surface area contributed by atoms with Gasteiger partial charge in [0, 0.05) is 25.2 Å². The Hall–Kier alpha value is -1.66. The van der Waals surface area contributed by atoms with Gasteiger partial charge < -0.3 is 24.4 Å². The molecule has 2 heterocycles. The van der Waals surface area contributed by atoms with Crippen LogP contribution in [0.4, 0.5) is 5.69 Å². The number of nitrogen functional groups attached to an aromatic ring is 1. The first-order chi connectivity index (χ1) is 10.1. The lowest BCUT2D eigenvalue weighted by Gasteiger charge is -2.40. The molecule has 1 fully saturated rings. The van der Waals surface area contributed by atoms with Gasteiger partial charge in [-0.25, -0.2) is 0 Å². The summed E-state index contributed by atoms with van der Waals surface area (Å²) in [5.74, 6) is 2.08. The van der Waals surface area contributed by atoms with Crippen LogP contribution in [0.2, 0.25) is 0 Å². The Morgan fingerprint density at radius 1 is 1.24 bits per heavy atom. The fraction of sp³-hybridized carbons (Fsp3) is 0.600. The quantitative estimate of drug-likeness (QED) is 0.656. The Bertz CT molecular complexity index is 513. The van der Waals surface area contributed by atoms with Crippen LogP contribution in [0.1, 0.15) is 0 Å². The molecule has 1 aromatic rings. The lowest BCUT2D eigenvalue weighted by Crippen LogP contribution is -2.57. The van der Waals surface area contributed by atoms with Crippen molar-refractivity contribution in [3.8, 4) is 17.2 Å². The summed E-state index contributed by atoms with van der Waals surface area (Å²) in [4.78, 5) is 2.37. The lowest BCUT2D eigenvalue weighted by atomic mass is 10.2. The molecule has 21 heavy (non-hydrogen) atoms. The van der Waals surface area contributed by atoms with Gasteiger partial charge in [0.25, 0.3) is 0 Å². The number of hydrogen-bond acceptors (Lipinski definition) is 5. The molecule has 2 aliphatic heterocycles. The second-order valence-corrected chi connectivity index (χ2v) is 6.19. The third-order valence-corrected chi connectivity index (χ3v) is 4.44. The van der Waals surface area contributed by atoms with E-state index in [2.05, 4.69) is 19.0 Å². The second-order valence-electron chi connectivity index (χ2n) is 6.19. The van der Waals surface area contributed by atoms with E-state index in [0.717, 1.165) is 37.2 Å². The summed E-state index contributed by atoms with van der Waals surface area (Å²) < 4.78 is 17.6. The Kier molecular flexibility index (Phi) is 3.82. The molecule has 0 amide bonds. The number of ether oxygens (including phenoxy) is 3. The minimum absolute atomic E-state index is 0.251. The average Bonchev–Trinajstić information content (AvgIpc) is 2.90. The smallest absolute Gasteiger partial charge is 0.231 e. The molecule has 2 aliphatic rings. The van der Waals surface area contributed by atoms with Crippen LogP contribution >= 0.6 is 0 Å². The summed E-state index contributed by atoms with van der Waals surface area (Å²) in [5, 5.41) is 0. The van der Waals surface area contributed by atoms with Gasteiger partial charge in [0.15, 0.2) is 11.5 Å². The molecule has 0 unspecified atom stereocenters. The van der Waals surface area contributed by atoms with E-state index < -0.39 is 0 Å². The highest BCUT2D eigenvalue weighted by Crippen LogP contribution is 2.39. The molecule has 1 aromatic carbocycles. The van der Waals surface area contributed by atoms with Gasteiger partial charge in [-0.2, -0.15) is 0 Å². The summed E-state index contributed by atoms with van der Waals surface area (Å²) in [6.07, 6.45) is 0. The first-order valence-electron chi connectivity index (χ1n) is 7.40. The van der Waals surface area contributed by atoms with Crippen molar-refractivity contribution in [3.05, 3.63) is 12.1 Å². The number of nitrogens with zero attached hydrogens (tertiary/aromatic N) is 2. The van der Waals surface area contributed by atoms with E-state index in [1.807, 2.05) is 6.07 Å². The van der Waals surface area contributed by atoms with Crippen molar-refractivity contribution in [1.29, 1.82) is 0 Å². The molecule has 6 heteroatoms. The zero-order valence-corrected chi connectivity index (χ0v) is 12.8. The largest absolute Gasteiger partial charge is 0.485 e. The van der Waals surface area contributed by atoms with Crippen LogP contribution in [0.5, 0.6) is 17.2 Å². The van der Waals surface area contributed by atoms with E-state index >= 15 is 0 Å². The summed E-state index contributed by atoms with van der Waals surface area (Å²) in [6, 6.07) is 3.59. The van der Waals surface area contributed by atoms with E-state index in [-0.39, 0.29) is 6.79 Å². The predicted octanol–water partition coefficient (Wildman–Crippen LogP) is 0.768. The minimum atomic E-state index is 0.251. The number of piperazine rings is 1. The van der Waals surface area contributed by atoms with E-state index in [0.29, 0.717) is 29.5 Å². The molecule has 0 aliphatic carbocycles. The monoisotopic (exact) mass is 294 g/mol. The molecule has 0 spiro atoms. The highest BCUT2D eigenvalue weighted by Gasteiger charge is 2.27. The molecule has 0 bridgehead atoms. The van der Waals surface area contributed by atoms with E-state index in [9.17, 15) is 0 Å². The van der Waals surface area contributed by atoms with Gasteiger partial charge >= 0.3 is 0 Å². The topological polar surface area (TPSA) is 57.0 Å².